The van der Waals surface area contributed by atoms with Gasteiger partial charge in [-0.05, 0) is 36.5 Å². The van der Waals surface area contributed by atoms with E-state index in [9.17, 15) is 9.59 Å². The largest absolute Gasteiger partial charge is 0.478 e. The first-order valence-electron chi connectivity index (χ1n) is 6.29. The number of nitrogens with one attached hydrogen (secondary N) is 1. The predicted molar refractivity (Wildman–Crippen MR) is 70.6 cm³/mol. The van der Waals surface area contributed by atoms with Crippen molar-refractivity contribution in [2.45, 2.75) is 19.3 Å². The van der Waals surface area contributed by atoms with Crippen LogP contribution in [0.4, 0.5) is 0 Å². The third-order valence-electron chi connectivity index (χ3n) is 3.22. The number of aromatic nitrogens is 1. The lowest BCUT2D eigenvalue weighted by Crippen LogP contribution is -2.32. The topological polar surface area (TPSA) is 79.3 Å². The summed E-state index contributed by atoms with van der Waals surface area (Å²) in [5.41, 5.74) is 1.05. The quantitative estimate of drug-likeness (QED) is 0.790. The molecule has 1 aliphatic carbocycles. The monoisotopic (exact) mass is 260 g/mol. The number of amides is 1. The highest BCUT2D eigenvalue weighted by Crippen LogP contribution is 2.25. The first kappa shape index (κ1) is 13.3. The van der Waals surface area contributed by atoms with Crippen LogP contribution in [0.1, 0.15) is 35.2 Å². The molecule has 0 saturated heterocycles. The maximum Gasteiger partial charge on any atom is 0.328 e. The van der Waals surface area contributed by atoms with Gasteiger partial charge < -0.3 is 10.4 Å². The van der Waals surface area contributed by atoms with Crippen LogP contribution in [0.2, 0.25) is 0 Å². The van der Waals surface area contributed by atoms with E-state index in [1.807, 2.05) is 0 Å². The number of rotatable bonds is 5. The molecule has 2 rings (SSSR count). The molecule has 5 nitrogen and oxygen atoms in total. The Morgan fingerprint density at radius 2 is 2.21 bits per heavy atom. The lowest BCUT2D eigenvalue weighted by molar-refractivity contribution is -0.131. The molecule has 0 bridgehead atoms. The molecular formula is C14H16N2O3. The highest BCUT2D eigenvalue weighted by Gasteiger charge is 2.18. The van der Waals surface area contributed by atoms with Gasteiger partial charge in [0.2, 0.25) is 0 Å². The van der Waals surface area contributed by atoms with Crippen LogP contribution in [0.3, 0.4) is 0 Å². The van der Waals surface area contributed by atoms with Gasteiger partial charge in [0.05, 0.1) is 5.56 Å². The molecule has 0 aliphatic heterocycles. The van der Waals surface area contributed by atoms with E-state index in [1.54, 1.807) is 6.07 Å². The van der Waals surface area contributed by atoms with Crippen LogP contribution in [0, 0.1) is 5.92 Å². The number of carboxylic acids is 1. The van der Waals surface area contributed by atoms with Crippen molar-refractivity contribution >= 4 is 18.0 Å². The summed E-state index contributed by atoms with van der Waals surface area (Å²) >= 11 is 0. The fourth-order valence-electron chi connectivity index (χ4n) is 1.88. The second-order valence-corrected chi connectivity index (χ2v) is 4.69. The van der Waals surface area contributed by atoms with Gasteiger partial charge in [-0.3, -0.25) is 9.78 Å². The van der Waals surface area contributed by atoms with E-state index >= 15 is 0 Å². The third-order valence-corrected chi connectivity index (χ3v) is 3.22. The molecule has 1 aromatic rings. The zero-order chi connectivity index (χ0) is 13.7. The zero-order valence-corrected chi connectivity index (χ0v) is 10.5. The van der Waals surface area contributed by atoms with Crippen molar-refractivity contribution < 1.29 is 14.7 Å². The molecule has 0 unspecified atom stereocenters. The Kier molecular flexibility index (Phi) is 4.28. The number of nitrogens with zero attached hydrogens (tertiary/aromatic N) is 1. The van der Waals surface area contributed by atoms with Gasteiger partial charge >= 0.3 is 5.97 Å². The maximum absolute atomic E-state index is 11.9. The maximum atomic E-state index is 11.9. The minimum Gasteiger partial charge on any atom is -0.478 e. The highest BCUT2D eigenvalue weighted by molar-refractivity contribution is 5.94. The van der Waals surface area contributed by atoms with Crippen LogP contribution in [-0.2, 0) is 4.79 Å². The van der Waals surface area contributed by atoms with Crippen LogP contribution < -0.4 is 5.32 Å². The van der Waals surface area contributed by atoms with Crippen LogP contribution >= 0.6 is 0 Å². The van der Waals surface area contributed by atoms with Crippen molar-refractivity contribution in [2.75, 3.05) is 6.54 Å². The fraction of sp³-hybridized carbons (Fsp3) is 0.357. The van der Waals surface area contributed by atoms with Crippen LogP contribution in [-0.4, -0.2) is 28.5 Å². The Balaban J connectivity index is 1.96. The molecule has 5 heteroatoms. The van der Waals surface area contributed by atoms with Crippen molar-refractivity contribution in [3.8, 4) is 0 Å². The first-order chi connectivity index (χ1) is 9.15. The summed E-state index contributed by atoms with van der Waals surface area (Å²) in [5, 5.41) is 11.4. The average Bonchev–Trinajstić information content (AvgIpc) is 2.34. The Hall–Kier alpha value is -2.17. The van der Waals surface area contributed by atoms with Gasteiger partial charge in [0.25, 0.3) is 5.91 Å². The smallest absolute Gasteiger partial charge is 0.328 e. The SMILES string of the molecule is O=C(O)C=Cc1cncc(C(=O)NCC2CCC2)c1. The van der Waals surface area contributed by atoms with E-state index in [-0.39, 0.29) is 5.91 Å². The lowest BCUT2D eigenvalue weighted by atomic mass is 9.85. The summed E-state index contributed by atoms with van der Waals surface area (Å²) in [6.07, 6.45) is 9.04. The molecule has 0 aromatic carbocycles. The van der Waals surface area contributed by atoms with Crippen molar-refractivity contribution in [2.24, 2.45) is 5.92 Å². The standard InChI is InChI=1S/C14H16N2O3/c17-13(18)5-4-11-6-12(9-15-7-11)14(19)16-8-10-2-1-3-10/h4-7,9-10H,1-3,8H2,(H,16,19)(H,17,18). The molecule has 1 aromatic heterocycles. The first-order valence-corrected chi connectivity index (χ1v) is 6.29. The number of hydrogen-bond donors (Lipinski definition) is 2. The van der Waals surface area contributed by atoms with Crippen molar-refractivity contribution in [1.82, 2.24) is 10.3 Å². The second-order valence-electron chi connectivity index (χ2n) is 4.69. The Morgan fingerprint density at radius 1 is 1.42 bits per heavy atom. The molecule has 19 heavy (non-hydrogen) atoms. The van der Waals surface area contributed by atoms with Crippen molar-refractivity contribution in [3.05, 3.63) is 35.7 Å². The molecule has 0 radical (unpaired) electrons. The molecule has 2 N–H and O–H groups in total. The lowest BCUT2D eigenvalue weighted by Gasteiger charge is -2.25. The molecule has 1 aliphatic rings. The van der Waals surface area contributed by atoms with Crippen molar-refractivity contribution in [3.63, 3.8) is 0 Å². The van der Waals surface area contributed by atoms with Crippen molar-refractivity contribution in [1.29, 1.82) is 0 Å². The summed E-state index contributed by atoms with van der Waals surface area (Å²) in [7, 11) is 0. The van der Waals surface area contributed by atoms with E-state index < -0.39 is 5.97 Å². The molecule has 1 heterocycles. The zero-order valence-electron chi connectivity index (χ0n) is 10.5. The van der Waals surface area contributed by atoms with E-state index in [0.29, 0.717) is 23.6 Å². The minimum atomic E-state index is -1.03. The van der Waals surface area contributed by atoms with Gasteiger partial charge in [-0.15, -0.1) is 0 Å². The van der Waals surface area contributed by atoms with Gasteiger partial charge in [0.15, 0.2) is 0 Å². The highest BCUT2D eigenvalue weighted by atomic mass is 16.4. The number of hydrogen-bond acceptors (Lipinski definition) is 3. The summed E-state index contributed by atoms with van der Waals surface area (Å²) in [5.74, 6) is -0.586. The molecular weight excluding hydrogens is 244 g/mol. The van der Waals surface area contributed by atoms with E-state index in [1.165, 1.54) is 37.7 Å². The van der Waals surface area contributed by atoms with Gasteiger partial charge in [0.1, 0.15) is 0 Å². The number of carboxylic acid groups (broad SMARTS) is 1. The molecule has 1 amide bonds. The number of aliphatic carboxylic acids is 1. The Labute approximate surface area is 111 Å². The molecule has 1 fully saturated rings. The Morgan fingerprint density at radius 3 is 2.84 bits per heavy atom. The van der Waals surface area contributed by atoms with Crippen LogP contribution in [0.15, 0.2) is 24.5 Å². The number of pyridine rings is 1. The predicted octanol–water partition coefficient (Wildman–Crippen LogP) is 1.71. The van der Waals surface area contributed by atoms with Gasteiger partial charge in [0, 0.05) is 25.0 Å². The summed E-state index contributed by atoms with van der Waals surface area (Å²) in [6, 6.07) is 1.63. The molecule has 0 atom stereocenters. The Bertz CT molecular complexity index is 507. The minimum absolute atomic E-state index is 0.162. The van der Waals surface area contributed by atoms with E-state index in [4.69, 9.17) is 5.11 Å². The number of carbonyl (C=O) groups is 2. The molecule has 1 saturated carbocycles. The van der Waals surface area contributed by atoms with E-state index in [0.717, 1.165) is 6.08 Å². The van der Waals surface area contributed by atoms with Crippen LogP contribution in [0.5, 0.6) is 0 Å². The number of carbonyl (C=O) groups excluding carboxylic acids is 1. The normalized spacial score (nSPS) is 15.2. The average molecular weight is 260 g/mol. The van der Waals surface area contributed by atoms with Gasteiger partial charge in [-0.2, -0.15) is 0 Å². The van der Waals surface area contributed by atoms with E-state index in [2.05, 4.69) is 10.3 Å². The van der Waals surface area contributed by atoms with Gasteiger partial charge in [-0.25, -0.2) is 4.79 Å². The summed E-state index contributed by atoms with van der Waals surface area (Å²) < 4.78 is 0. The molecule has 0 spiro atoms. The second kappa shape index (κ2) is 6.13. The van der Waals surface area contributed by atoms with Crippen LogP contribution in [0.25, 0.3) is 6.08 Å². The fourth-order valence-corrected chi connectivity index (χ4v) is 1.88. The molecule has 100 valence electrons. The summed E-state index contributed by atoms with van der Waals surface area (Å²) in [4.78, 5) is 26.2. The summed E-state index contributed by atoms with van der Waals surface area (Å²) in [6.45, 7) is 0.702. The third kappa shape index (κ3) is 3.91. The van der Waals surface area contributed by atoms with Gasteiger partial charge in [-0.1, -0.05) is 6.42 Å².